The Morgan fingerprint density at radius 2 is 0.778 bits per heavy atom. The highest BCUT2D eigenvalue weighted by atomic mass is 35.6. The van der Waals surface area contributed by atoms with Gasteiger partial charge >= 0.3 is 0 Å². The van der Waals surface area contributed by atoms with Crippen molar-refractivity contribution in [2.24, 2.45) is 10.8 Å². The number of alkyl halides is 6. The van der Waals surface area contributed by atoms with E-state index in [2.05, 4.69) is 27.7 Å². The summed E-state index contributed by atoms with van der Waals surface area (Å²) in [6, 6.07) is 0. The van der Waals surface area contributed by atoms with E-state index >= 15 is 0 Å². The van der Waals surface area contributed by atoms with E-state index < -0.39 is 7.59 Å². The Kier molecular flexibility index (Phi) is 7.31. The number of hydrogen-bond donors (Lipinski definition) is 0. The summed E-state index contributed by atoms with van der Waals surface area (Å²) in [5.41, 5.74) is -0.119. The van der Waals surface area contributed by atoms with Gasteiger partial charge in [-0.25, -0.2) is 0 Å². The monoisotopic (exact) mass is 374 g/mol. The van der Waals surface area contributed by atoms with Gasteiger partial charge in [0, 0.05) is 0 Å². The summed E-state index contributed by atoms with van der Waals surface area (Å²) in [4.78, 5) is 0. The first-order valence-corrected chi connectivity index (χ1v) is 8.02. The zero-order chi connectivity index (χ0) is 14.8. The van der Waals surface area contributed by atoms with Crippen LogP contribution < -0.4 is 0 Å². The van der Waals surface area contributed by atoms with Crippen LogP contribution in [0.2, 0.25) is 0 Å². The molecule has 0 atom stereocenters. The molecule has 0 saturated heterocycles. The number of halogens is 6. The van der Waals surface area contributed by atoms with Gasteiger partial charge in [0.1, 0.15) is 0 Å². The third-order valence-corrected chi connectivity index (χ3v) is 3.64. The Labute approximate surface area is 141 Å². The lowest BCUT2D eigenvalue weighted by atomic mass is 9.76. The van der Waals surface area contributed by atoms with E-state index in [1.54, 1.807) is 0 Å². The maximum atomic E-state index is 5.84. The zero-order valence-corrected chi connectivity index (χ0v) is 15.6. The predicted molar refractivity (Wildman–Crippen MR) is 86.6 cm³/mol. The molecule has 6 heteroatoms. The highest BCUT2D eigenvalue weighted by Crippen LogP contribution is 2.46. The minimum atomic E-state index is -1.22. The molecular formula is C12H20Cl6. The third kappa shape index (κ3) is 11.6. The average Bonchev–Trinajstić information content (AvgIpc) is 1.91. The van der Waals surface area contributed by atoms with Gasteiger partial charge in [0.05, 0.1) is 0 Å². The van der Waals surface area contributed by atoms with Crippen LogP contribution in [0.1, 0.15) is 53.4 Å². The highest BCUT2D eigenvalue weighted by molar-refractivity contribution is 6.68. The van der Waals surface area contributed by atoms with Crippen LogP contribution in [0.25, 0.3) is 0 Å². The van der Waals surface area contributed by atoms with Crippen LogP contribution in [0.15, 0.2) is 0 Å². The van der Waals surface area contributed by atoms with Crippen molar-refractivity contribution in [1.29, 1.82) is 0 Å². The van der Waals surface area contributed by atoms with E-state index in [9.17, 15) is 0 Å². The lowest BCUT2D eigenvalue weighted by Crippen LogP contribution is -2.25. The second kappa shape index (κ2) is 6.67. The number of hydrogen-bond acceptors (Lipinski definition) is 0. The molecule has 0 aromatic rings. The fraction of sp³-hybridized carbons (Fsp3) is 1.00. The highest BCUT2D eigenvalue weighted by Gasteiger charge is 2.35. The summed E-state index contributed by atoms with van der Waals surface area (Å²) in [7, 11) is 0. The van der Waals surface area contributed by atoms with Crippen molar-refractivity contribution < 1.29 is 0 Å². The topological polar surface area (TPSA) is 0 Å². The van der Waals surface area contributed by atoms with Crippen LogP contribution in [-0.4, -0.2) is 7.59 Å². The number of rotatable bonds is 5. The summed E-state index contributed by atoms with van der Waals surface area (Å²) in [5, 5.41) is 0. The van der Waals surface area contributed by atoms with Gasteiger partial charge in [0.2, 0.25) is 0 Å². The molecule has 0 bridgehead atoms. The van der Waals surface area contributed by atoms with E-state index in [4.69, 9.17) is 69.6 Å². The molecule has 0 saturated carbocycles. The molecule has 0 rings (SSSR count). The molecule has 110 valence electrons. The molecule has 0 unspecified atom stereocenters. The molecule has 0 amide bonds. The summed E-state index contributed by atoms with van der Waals surface area (Å²) in [5.74, 6) is 0. The predicted octanol–water partition coefficient (Wildman–Crippen LogP) is 7.34. The zero-order valence-electron chi connectivity index (χ0n) is 11.1. The van der Waals surface area contributed by atoms with Crippen molar-refractivity contribution in [3.63, 3.8) is 0 Å². The summed E-state index contributed by atoms with van der Waals surface area (Å²) in [6.07, 6.45) is 2.84. The van der Waals surface area contributed by atoms with Gasteiger partial charge in [0.15, 0.2) is 7.59 Å². The van der Waals surface area contributed by atoms with Gasteiger partial charge in [-0.15, -0.1) is 0 Å². The molecule has 18 heavy (non-hydrogen) atoms. The minimum absolute atomic E-state index is 0.0594. The van der Waals surface area contributed by atoms with Crippen LogP contribution in [0, 0.1) is 10.8 Å². The molecule has 0 nitrogen and oxygen atoms in total. The molecule has 0 aliphatic rings. The van der Waals surface area contributed by atoms with E-state index in [1.807, 2.05) is 0 Å². The Morgan fingerprint density at radius 1 is 0.556 bits per heavy atom. The molecule has 0 aliphatic heterocycles. The maximum Gasteiger partial charge on any atom is 0.191 e. The van der Waals surface area contributed by atoms with Crippen LogP contribution >= 0.6 is 69.6 Å². The first-order valence-electron chi connectivity index (χ1n) is 5.76. The van der Waals surface area contributed by atoms with Crippen LogP contribution in [0.4, 0.5) is 0 Å². The molecule has 0 N–H and O–H groups in total. The van der Waals surface area contributed by atoms with Crippen LogP contribution in [-0.2, 0) is 0 Å². The van der Waals surface area contributed by atoms with Gasteiger partial charge < -0.3 is 0 Å². The summed E-state index contributed by atoms with van der Waals surface area (Å²) >= 11 is 35.1. The average molecular weight is 377 g/mol. The van der Waals surface area contributed by atoms with Crippen molar-refractivity contribution in [2.45, 2.75) is 61.0 Å². The van der Waals surface area contributed by atoms with E-state index in [0.29, 0.717) is 12.8 Å². The van der Waals surface area contributed by atoms with Crippen molar-refractivity contribution in [1.82, 2.24) is 0 Å². The molecule has 0 fully saturated rings. The van der Waals surface area contributed by atoms with Crippen molar-refractivity contribution >= 4 is 69.6 Å². The van der Waals surface area contributed by atoms with Crippen molar-refractivity contribution in [3.05, 3.63) is 0 Å². The molecule has 0 spiro atoms. The normalized spacial score (nSPS) is 15.0. The van der Waals surface area contributed by atoms with Crippen molar-refractivity contribution in [2.75, 3.05) is 0 Å². The molecule has 0 radical (unpaired) electrons. The fourth-order valence-electron chi connectivity index (χ4n) is 1.94. The standard InChI is InChI=1S/C12H20Cl6/c1-9(2,7-11(13,14)15)5-6-10(3,4)8-12(16,17)18/h5-8H2,1-4H3. The van der Waals surface area contributed by atoms with Gasteiger partial charge in [0.25, 0.3) is 0 Å². The van der Waals surface area contributed by atoms with Crippen molar-refractivity contribution in [3.8, 4) is 0 Å². The van der Waals surface area contributed by atoms with Crippen LogP contribution in [0.3, 0.4) is 0 Å². The Morgan fingerprint density at radius 3 is 0.944 bits per heavy atom. The second-order valence-electron chi connectivity index (χ2n) is 6.41. The lowest BCUT2D eigenvalue weighted by Gasteiger charge is -2.34. The van der Waals surface area contributed by atoms with Gasteiger partial charge in [-0.2, -0.15) is 0 Å². The lowest BCUT2D eigenvalue weighted by molar-refractivity contribution is 0.219. The smallest absolute Gasteiger partial charge is 0.0837 e. The molecule has 0 aliphatic carbocycles. The first-order chi connectivity index (χ1) is 7.62. The summed E-state index contributed by atoms with van der Waals surface area (Å²) < 4.78 is -2.44. The van der Waals surface area contributed by atoms with Gasteiger partial charge in [-0.1, -0.05) is 97.3 Å². The van der Waals surface area contributed by atoms with Gasteiger partial charge in [-0.05, 0) is 36.5 Å². The molecular weight excluding hydrogens is 357 g/mol. The fourth-order valence-corrected chi connectivity index (χ4v) is 4.11. The Balaban J connectivity index is 4.38. The van der Waals surface area contributed by atoms with E-state index in [-0.39, 0.29) is 10.8 Å². The van der Waals surface area contributed by atoms with Crippen LogP contribution in [0.5, 0.6) is 0 Å². The third-order valence-electron chi connectivity index (χ3n) is 2.84. The maximum absolute atomic E-state index is 5.84. The largest absolute Gasteiger partial charge is 0.191 e. The molecule has 0 heterocycles. The summed E-state index contributed by atoms with van der Waals surface area (Å²) in [6.45, 7) is 8.33. The Bertz CT molecular complexity index is 231. The minimum Gasteiger partial charge on any atom is -0.0837 e. The first kappa shape index (κ1) is 19.7. The second-order valence-corrected chi connectivity index (χ2v) is 11.4. The SMILES string of the molecule is CC(C)(CCC(C)(C)CC(Cl)(Cl)Cl)CC(Cl)(Cl)Cl. The molecule has 0 aromatic heterocycles. The molecule has 0 aromatic carbocycles. The Hall–Kier alpha value is 1.74. The quantitative estimate of drug-likeness (QED) is 0.440. The van der Waals surface area contributed by atoms with Gasteiger partial charge in [-0.3, -0.25) is 0 Å². The van der Waals surface area contributed by atoms with E-state index in [0.717, 1.165) is 12.8 Å². The van der Waals surface area contributed by atoms with E-state index in [1.165, 1.54) is 0 Å².